The average Bonchev–Trinajstić information content (AvgIpc) is 2.49. The molecule has 27 heavy (non-hydrogen) atoms. The lowest BCUT2D eigenvalue weighted by Crippen LogP contribution is -2.41. The van der Waals surface area contributed by atoms with Crippen LogP contribution in [0.4, 0.5) is 0 Å². The highest BCUT2D eigenvalue weighted by Gasteiger charge is 2.38. The van der Waals surface area contributed by atoms with E-state index < -0.39 is 23.8 Å². The second-order valence-electron chi connectivity index (χ2n) is 10.5. The van der Waals surface area contributed by atoms with Gasteiger partial charge in [0.05, 0.1) is 13.2 Å². The molecule has 0 bridgehead atoms. The summed E-state index contributed by atoms with van der Waals surface area (Å²) >= 11 is 0. The van der Waals surface area contributed by atoms with Gasteiger partial charge in [-0.3, -0.25) is 0 Å². The lowest BCUT2D eigenvalue weighted by molar-refractivity contribution is 0.257. The van der Waals surface area contributed by atoms with E-state index in [4.69, 9.17) is 8.85 Å². The first-order chi connectivity index (χ1) is 12.0. The molecule has 0 atom stereocenters. The summed E-state index contributed by atoms with van der Waals surface area (Å²) in [6.45, 7) is 23.3. The Morgan fingerprint density at radius 1 is 0.778 bits per heavy atom. The van der Waals surface area contributed by atoms with Crippen LogP contribution in [0.3, 0.4) is 0 Å². The van der Waals surface area contributed by atoms with Gasteiger partial charge in [0.2, 0.25) is 0 Å². The summed E-state index contributed by atoms with van der Waals surface area (Å²) < 4.78 is 12.8. The van der Waals surface area contributed by atoms with Crippen LogP contribution in [0.1, 0.15) is 52.7 Å². The average molecular weight is 411 g/mol. The number of hydrogen-bond acceptors (Lipinski definition) is 4. The van der Waals surface area contributed by atoms with Gasteiger partial charge in [0, 0.05) is 0 Å². The van der Waals surface area contributed by atoms with E-state index in [1.807, 2.05) is 12.1 Å². The second kappa shape index (κ2) is 8.51. The standard InChI is InChI=1S/C20H39BO4Si2/c1-19(2,3)26(7,8)24-14-16-11-12-18(21(22)23)13-17(16)15-25-27(9,10)20(4,5)6/h11-13,22-23H,14-15H2,1-10H3. The molecule has 1 aromatic carbocycles. The molecular formula is C20H39BO4Si2. The van der Waals surface area contributed by atoms with Crippen molar-refractivity contribution in [2.75, 3.05) is 0 Å². The molecule has 0 heterocycles. The smallest absolute Gasteiger partial charge is 0.423 e. The minimum atomic E-state index is -1.90. The van der Waals surface area contributed by atoms with Crippen molar-refractivity contribution >= 4 is 29.2 Å². The summed E-state index contributed by atoms with van der Waals surface area (Å²) in [5.41, 5.74) is 2.52. The predicted octanol–water partition coefficient (Wildman–Crippen LogP) is 4.41. The summed E-state index contributed by atoms with van der Waals surface area (Å²) in [5.74, 6) is 0. The van der Waals surface area contributed by atoms with Crippen LogP contribution in [-0.4, -0.2) is 33.8 Å². The monoisotopic (exact) mass is 410 g/mol. The number of benzene rings is 1. The van der Waals surface area contributed by atoms with Crippen LogP contribution in [0.25, 0.3) is 0 Å². The molecule has 0 radical (unpaired) electrons. The minimum absolute atomic E-state index is 0.124. The maximum Gasteiger partial charge on any atom is 0.488 e. The fourth-order valence-corrected chi connectivity index (χ4v) is 3.93. The van der Waals surface area contributed by atoms with E-state index in [2.05, 4.69) is 67.7 Å². The normalized spacial score (nSPS) is 13.8. The van der Waals surface area contributed by atoms with Gasteiger partial charge in [-0.05, 0) is 52.9 Å². The molecule has 0 spiro atoms. The third-order valence-electron chi connectivity index (χ3n) is 6.32. The highest BCUT2D eigenvalue weighted by molar-refractivity contribution is 6.74. The van der Waals surface area contributed by atoms with Crippen LogP contribution in [-0.2, 0) is 22.1 Å². The van der Waals surface area contributed by atoms with Gasteiger partial charge in [-0.15, -0.1) is 0 Å². The first-order valence-electron chi connectivity index (χ1n) is 9.74. The first kappa shape index (κ1) is 24.6. The van der Waals surface area contributed by atoms with Gasteiger partial charge in [-0.25, -0.2) is 0 Å². The van der Waals surface area contributed by atoms with Crippen LogP contribution in [0.2, 0.25) is 36.3 Å². The van der Waals surface area contributed by atoms with Crippen molar-refractivity contribution in [1.82, 2.24) is 0 Å². The maximum absolute atomic E-state index is 9.56. The van der Waals surface area contributed by atoms with Crippen molar-refractivity contribution in [1.29, 1.82) is 0 Å². The summed E-state index contributed by atoms with van der Waals surface area (Å²) in [5, 5.41) is 19.4. The van der Waals surface area contributed by atoms with Crippen molar-refractivity contribution < 1.29 is 18.9 Å². The van der Waals surface area contributed by atoms with Crippen molar-refractivity contribution in [2.24, 2.45) is 0 Å². The maximum atomic E-state index is 9.56. The molecule has 0 fully saturated rings. The lowest BCUT2D eigenvalue weighted by Gasteiger charge is -2.37. The third kappa shape index (κ3) is 6.54. The molecule has 0 unspecified atom stereocenters. The van der Waals surface area contributed by atoms with Gasteiger partial charge in [-0.1, -0.05) is 59.7 Å². The molecule has 2 N–H and O–H groups in total. The number of hydrogen-bond donors (Lipinski definition) is 2. The SMILES string of the molecule is CC(C)(C)[Si](C)(C)OCc1ccc(B(O)O)cc1CO[Si](C)(C)C(C)(C)C. The molecule has 4 nitrogen and oxygen atoms in total. The van der Waals surface area contributed by atoms with E-state index in [0.717, 1.165) is 11.1 Å². The van der Waals surface area contributed by atoms with Crippen LogP contribution < -0.4 is 5.46 Å². The van der Waals surface area contributed by atoms with Crippen LogP contribution >= 0.6 is 0 Å². The first-order valence-corrected chi connectivity index (χ1v) is 15.6. The van der Waals surface area contributed by atoms with Gasteiger partial charge >= 0.3 is 7.12 Å². The highest BCUT2D eigenvalue weighted by Crippen LogP contribution is 2.38. The Bertz CT molecular complexity index is 632. The topological polar surface area (TPSA) is 58.9 Å². The van der Waals surface area contributed by atoms with E-state index in [-0.39, 0.29) is 10.1 Å². The van der Waals surface area contributed by atoms with Crippen molar-refractivity contribution in [3.05, 3.63) is 29.3 Å². The van der Waals surface area contributed by atoms with Gasteiger partial charge in [-0.2, -0.15) is 0 Å². The van der Waals surface area contributed by atoms with E-state index in [1.54, 1.807) is 6.07 Å². The lowest BCUT2D eigenvalue weighted by atomic mass is 9.79. The second-order valence-corrected chi connectivity index (χ2v) is 20.1. The third-order valence-corrected chi connectivity index (χ3v) is 15.3. The Balaban J connectivity index is 3.08. The van der Waals surface area contributed by atoms with Gasteiger partial charge in [0.1, 0.15) is 0 Å². The molecule has 1 aromatic rings. The number of rotatable bonds is 7. The molecular weight excluding hydrogens is 371 g/mol. The van der Waals surface area contributed by atoms with E-state index >= 15 is 0 Å². The fraction of sp³-hybridized carbons (Fsp3) is 0.700. The van der Waals surface area contributed by atoms with Gasteiger partial charge < -0.3 is 18.9 Å². The van der Waals surface area contributed by atoms with Crippen molar-refractivity contribution in [2.45, 2.75) is 91.0 Å². The summed E-state index contributed by atoms with van der Waals surface area (Å²) in [4.78, 5) is 0. The van der Waals surface area contributed by atoms with Crippen LogP contribution in [0.5, 0.6) is 0 Å². The largest absolute Gasteiger partial charge is 0.488 e. The predicted molar refractivity (Wildman–Crippen MR) is 120 cm³/mol. The van der Waals surface area contributed by atoms with Crippen molar-refractivity contribution in [3.8, 4) is 0 Å². The quantitative estimate of drug-likeness (QED) is 0.654. The Morgan fingerprint density at radius 3 is 1.56 bits per heavy atom. The summed E-state index contributed by atoms with van der Waals surface area (Å²) in [6.07, 6.45) is 0. The fourth-order valence-electron chi connectivity index (χ4n) is 2.03. The minimum Gasteiger partial charge on any atom is -0.423 e. The van der Waals surface area contributed by atoms with Crippen LogP contribution in [0, 0.1) is 0 Å². The summed E-state index contributed by atoms with van der Waals surface area (Å²) in [7, 11) is -5.25. The van der Waals surface area contributed by atoms with Gasteiger partial charge in [0.15, 0.2) is 16.6 Å². The van der Waals surface area contributed by atoms with Crippen molar-refractivity contribution in [3.63, 3.8) is 0 Å². The Labute approximate surface area is 168 Å². The summed E-state index contributed by atoms with van der Waals surface area (Å²) in [6, 6.07) is 5.53. The molecule has 0 aromatic heterocycles. The van der Waals surface area contributed by atoms with E-state index in [0.29, 0.717) is 18.7 Å². The van der Waals surface area contributed by atoms with Gasteiger partial charge in [0.25, 0.3) is 0 Å². The van der Waals surface area contributed by atoms with E-state index in [1.165, 1.54) is 0 Å². The molecule has 0 aliphatic rings. The molecule has 0 aliphatic carbocycles. The molecule has 7 heteroatoms. The Hall–Kier alpha value is -0.441. The molecule has 0 amide bonds. The molecule has 0 saturated carbocycles. The zero-order valence-electron chi connectivity index (χ0n) is 18.9. The highest BCUT2D eigenvalue weighted by atomic mass is 28.4. The molecule has 0 aliphatic heterocycles. The molecule has 0 saturated heterocycles. The van der Waals surface area contributed by atoms with Crippen LogP contribution in [0.15, 0.2) is 18.2 Å². The van der Waals surface area contributed by atoms with E-state index in [9.17, 15) is 10.0 Å². The zero-order chi connectivity index (χ0) is 21.3. The molecule has 1 rings (SSSR count). The Morgan fingerprint density at radius 2 is 1.19 bits per heavy atom. The molecule has 154 valence electrons. The Kier molecular flexibility index (Phi) is 7.75. The zero-order valence-corrected chi connectivity index (χ0v) is 20.9.